The van der Waals surface area contributed by atoms with Gasteiger partial charge in [0.1, 0.15) is 6.07 Å². The van der Waals surface area contributed by atoms with Crippen LogP contribution in [0.5, 0.6) is 0 Å². The van der Waals surface area contributed by atoms with Gasteiger partial charge in [-0.3, -0.25) is 0 Å². The van der Waals surface area contributed by atoms with Crippen LogP contribution in [-0.4, -0.2) is 19.2 Å². The van der Waals surface area contributed by atoms with Gasteiger partial charge in [-0.25, -0.2) is 4.79 Å². The number of allylic oxidation sites excluding steroid dienone is 1. The highest BCUT2D eigenvalue weighted by molar-refractivity contribution is 5.83. The minimum Gasteiger partial charge on any atom is -0.484 e. The van der Waals surface area contributed by atoms with Crippen LogP contribution in [0.2, 0.25) is 0 Å². The Morgan fingerprint density at radius 1 is 1.42 bits per heavy atom. The van der Waals surface area contributed by atoms with Crippen molar-refractivity contribution in [3.63, 3.8) is 0 Å². The number of carbonyl (C=O) groups is 1. The normalized spacial score (nSPS) is 10.2. The number of hydrogen-bond donors (Lipinski definition) is 0. The van der Waals surface area contributed by atoms with Crippen LogP contribution in [0.15, 0.2) is 11.8 Å². The quantitative estimate of drug-likeness (QED) is 0.272. The average molecular weight is 169 g/mol. The number of hydrogen-bond acceptors (Lipinski definition) is 4. The van der Waals surface area contributed by atoms with Crippen molar-refractivity contribution in [2.75, 3.05) is 13.2 Å². The van der Waals surface area contributed by atoms with Crippen molar-refractivity contribution in [1.82, 2.24) is 0 Å². The molecular formula is C8H11NO3. The number of rotatable bonds is 4. The van der Waals surface area contributed by atoms with Gasteiger partial charge in [-0.05, 0) is 13.8 Å². The molecule has 0 aliphatic carbocycles. The highest BCUT2D eigenvalue weighted by Gasteiger charge is 2.00. The second-order valence-electron chi connectivity index (χ2n) is 1.81. The van der Waals surface area contributed by atoms with Crippen LogP contribution in [0.25, 0.3) is 0 Å². The Morgan fingerprint density at radius 3 is 2.42 bits per heavy atom. The summed E-state index contributed by atoms with van der Waals surface area (Å²) in [5, 5.41) is 8.42. The second kappa shape index (κ2) is 6.23. The van der Waals surface area contributed by atoms with E-state index in [-0.39, 0.29) is 5.76 Å². The average Bonchev–Trinajstić information content (AvgIpc) is 2.04. The van der Waals surface area contributed by atoms with E-state index in [2.05, 4.69) is 4.74 Å². The Bertz CT molecular complexity index is 215. The third kappa shape index (κ3) is 4.34. The standard InChI is InChI=1S/C8H11NO3/c1-3-11-7(6-9)5-8(10)12-4-2/h5H,3-4H2,1-2H3. The van der Waals surface area contributed by atoms with Crippen LogP contribution >= 0.6 is 0 Å². The summed E-state index contributed by atoms with van der Waals surface area (Å²) in [6.45, 7) is 4.08. The summed E-state index contributed by atoms with van der Waals surface area (Å²) in [6.07, 6.45) is 1.03. The molecule has 0 aromatic rings. The predicted octanol–water partition coefficient (Wildman–Crippen LogP) is 0.993. The maximum Gasteiger partial charge on any atom is 0.335 e. The summed E-state index contributed by atoms with van der Waals surface area (Å²) in [6, 6.07) is 1.73. The first kappa shape index (κ1) is 10.5. The van der Waals surface area contributed by atoms with Crippen molar-refractivity contribution in [2.24, 2.45) is 0 Å². The molecule has 0 fully saturated rings. The Labute approximate surface area is 71.4 Å². The molecule has 0 saturated heterocycles. The third-order valence-electron chi connectivity index (χ3n) is 0.946. The first-order valence-corrected chi connectivity index (χ1v) is 3.65. The summed E-state index contributed by atoms with van der Waals surface area (Å²) in [4.78, 5) is 10.8. The Kier molecular flexibility index (Phi) is 5.45. The smallest absolute Gasteiger partial charge is 0.335 e. The highest BCUT2D eigenvalue weighted by atomic mass is 16.5. The van der Waals surface area contributed by atoms with E-state index in [1.54, 1.807) is 19.9 Å². The van der Waals surface area contributed by atoms with E-state index in [9.17, 15) is 4.79 Å². The number of carbonyl (C=O) groups excluding carboxylic acids is 1. The van der Waals surface area contributed by atoms with Gasteiger partial charge in [0, 0.05) is 0 Å². The van der Waals surface area contributed by atoms with Crippen molar-refractivity contribution in [1.29, 1.82) is 5.26 Å². The summed E-state index contributed by atoms with van der Waals surface area (Å²) >= 11 is 0. The molecule has 0 aromatic carbocycles. The molecule has 4 nitrogen and oxygen atoms in total. The fraction of sp³-hybridized carbons (Fsp3) is 0.500. The van der Waals surface area contributed by atoms with Gasteiger partial charge in [0.15, 0.2) is 0 Å². The van der Waals surface area contributed by atoms with E-state index >= 15 is 0 Å². The summed E-state index contributed by atoms with van der Waals surface area (Å²) < 4.78 is 9.38. The van der Waals surface area contributed by atoms with E-state index in [0.717, 1.165) is 6.08 Å². The molecule has 0 radical (unpaired) electrons. The highest BCUT2D eigenvalue weighted by Crippen LogP contribution is 1.95. The lowest BCUT2D eigenvalue weighted by Crippen LogP contribution is -2.02. The van der Waals surface area contributed by atoms with E-state index in [4.69, 9.17) is 10.00 Å². The molecule has 0 bridgehead atoms. The van der Waals surface area contributed by atoms with Gasteiger partial charge < -0.3 is 9.47 Å². The van der Waals surface area contributed by atoms with Crippen molar-refractivity contribution < 1.29 is 14.3 Å². The molecule has 4 heteroatoms. The molecule has 0 spiro atoms. The molecule has 0 saturated carbocycles. The number of nitriles is 1. The van der Waals surface area contributed by atoms with E-state index < -0.39 is 5.97 Å². The van der Waals surface area contributed by atoms with Crippen LogP contribution in [-0.2, 0) is 14.3 Å². The largest absolute Gasteiger partial charge is 0.484 e. The maximum absolute atomic E-state index is 10.8. The van der Waals surface area contributed by atoms with Gasteiger partial charge in [-0.15, -0.1) is 0 Å². The molecule has 0 amide bonds. The monoisotopic (exact) mass is 169 g/mol. The number of ether oxygens (including phenoxy) is 2. The van der Waals surface area contributed by atoms with Gasteiger partial charge >= 0.3 is 5.97 Å². The molecule has 0 aliphatic heterocycles. The third-order valence-corrected chi connectivity index (χ3v) is 0.946. The van der Waals surface area contributed by atoms with E-state index in [1.165, 1.54) is 0 Å². The van der Waals surface area contributed by atoms with Crippen molar-refractivity contribution in [2.45, 2.75) is 13.8 Å². The maximum atomic E-state index is 10.8. The topological polar surface area (TPSA) is 59.3 Å². The molecular weight excluding hydrogens is 158 g/mol. The minimum absolute atomic E-state index is 0.0176. The van der Waals surface area contributed by atoms with Gasteiger partial charge in [-0.2, -0.15) is 5.26 Å². The minimum atomic E-state index is -0.553. The molecule has 66 valence electrons. The van der Waals surface area contributed by atoms with Crippen molar-refractivity contribution in [3.8, 4) is 6.07 Å². The zero-order valence-corrected chi connectivity index (χ0v) is 7.16. The molecule has 0 rings (SSSR count). The van der Waals surface area contributed by atoms with Crippen LogP contribution in [0.3, 0.4) is 0 Å². The lowest BCUT2D eigenvalue weighted by molar-refractivity contribution is -0.137. The number of esters is 1. The van der Waals surface area contributed by atoms with Crippen LogP contribution in [0.4, 0.5) is 0 Å². The van der Waals surface area contributed by atoms with Gasteiger partial charge in [0.05, 0.1) is 19.3 Å². The van der Waals surface area contributed by atoms with Crippen molar-refractivity contribution in [3.05, 3.63) is 11.8 Å². The SMILES string of the molecule is CCOC(=O)C=C(C#N)OCC. The predicted molar refractivity (Wildman–Crippen MR) is 42.0 cm³/mol. The molecule has 0 atom stereocenters. The Balaban J connectivity index is 4.10. The van der Waals surface area contributed by atoms with Crippen LogP contribution in [0.1, 0.15) is 13.8 Å². The molecule has 12 heavy (non-hydrogen) atoms. The van der Waals surface area contributed by atoms with Gasteiger partial charge in [0.2, 0.25) is 5.76 Å². The molecule has 0 heterocycles. The zero-order chi connectivity index (χ0) is 9.40. The fourth-order valence-electron chi connectivity index (χ4n) is 0.553. The number of nitrogens with zero attached hydrogens (tertiary/aromatic N) is 1. The van der Waals surface area contributed by atoms with Crippen LogP contribution < -0.4 is 0 Å². The van der Waals surface area contributed by atoms with Gasteiger partial charge in [-0.1, -0.05) is 0 Å². The second-order valence-corrected chi connectivity index (χ2v) is 1.81. The van der Waals surface area contributed by atoms with E-state index in [1.807, 2.05) is 0 Å². The lowest BCUT2D eigenvalue weighted by atomic mass is 10.4. The Hall–Kier alpha value is -1.50. The lowest BCUT2D eigenvalue weighted by Gasteiger charge is -1.99. The van der Waals surface area contributed by atoms with Gasteiger partial charge in [0.25, 0.3) is 0 Å². The first-order chi connectivity index (χ1) is 5.74. The molecule has 0 aromatic heterocycles. The first-order valence-electron chi connectivity index (χ1n) is 3.65. The van der Waals surface area contributed by atoms with Crippen LogP contribution in [0, 0.1) is 11.3 Å². The summed E-state index contributed by atoms with van der Waals surface area (Å²) in [5.74, 6) is -0.571. The molecule has 0 N–H and O–H groups in total. The molecule has 0 unspecified atom stereocenters. The fourth-order valence-corrected chi connectivity index (χ4v) is 0.553. The zero-order valence-electron chi connectivity index (χ0n) is 7.16. The van der Waals surface area contributed by atoms with Crippen molar-refractivity contribution >= 4 is 5.97 Å². The molecule has 0 aliphatic rings. The Morgan fingerprint density at radius 2 is 2.00 bits per heavy atom. The summed E-state index contributed by atoms with van der Waals surface area (Å²) in [7, 11) is 0. The van der Waals surface area contributed by atoms with E-state index in [0.29, 0.717) is 13.2 Å². The summed E-state index contributed by atoms with van der Waals surface area (Å²) in [5.41, 5.74) is 0.